The van der Waals surface area contributed by atoms with Crippen LogP contribution in [-0.2, 0) is 16.0 Å². The zero-order valence-corrected chi connectivity index (χ0v) is 12.7. The molecule has 5 nitrogen and oxygen atoms in total. The van der Waals surface area contributed by atoms with Crippen molar-refractivity contribution in [1.82, 2.24) is 5.32 Å². The smallest absolute Gasteiger partial charge is 0.161 e. The second-order valence-corrected chi connectivity index (χ2v) is 4.97. The molecule has 5 heteroatoms. The number of benzene rings is 1. The average molecular weight is 295 g/mol. The van der Waals surface area contributed by atoms with Crippen LogP contribution in [0.4, 0.5) is 0 Å². The Morgan fingerprint density at radius 1 is 1.05 bits per heavy atom. The van der Waals surface area contributed by atoms with Gasteiger partial charge in [-0.25, -0.2) is 0 Å². The third kappa shape index (κ3) is 5.91. The summed E-state index contributed by atoms with van der Waals surface area (Å²) in [5, 5.41) is 3.43. The monoisotopic (exact) mass is 295 g/mol. The molecule has 1 aromatic carbocycles. The minimum absolute atomic E-state index is 0.632. The van der Waals surface area contributed by atoms with Crippen molar-refractivity contribution >= 4 is 0 Å². The molecule has 1 aromatic rings. The van der Waals surface area contributed by atoms with Gasteiger partial charge in [-0.1, -0.05) is 6.07 Å². The number of methoxy groups -OCH3 is 1. The zero-order valence-electron chi connectivity index (χ0n) is 12.7. The second kappa shape index (κ2) is 9.60. The molecule has 0 unspecified atom stereocenters. The van der Waals surface area contributed by atoms with Crippen LogP contribution in [0.25, 0.3) is 0 Å². The van der Waals surface area contributed by atoms with Gasteiger partial charge in [0.15, 0.2) is 11.5 Å². The first kappa shape index (κ1) is 16.1. The fourth-order valence-electron chi connectivity index (χ4n) is 2.13. The van der Waals surface area contributed by atoms with Crippen LogP contribution in [0, 0.1) is 0 Å². The molecule has 21 heavy (non-hydrogen) atoms. The van der Waals surface area contributed by atoms with Gasteiger partial charge in [-0.05, 0) is 37.1 Å². The lowest BCUT2D eigenvalue weighted by atomic mass is 10.2. The Bertz CT molecular complexity index is 411. The molecule has 0 saturated heterocycles. The maximum Gasteiger partial charge on any atom is 0.161 e. The molecule has 0 spiro atoms. The van der Waals surface area contributed by atoms with Gasteiger partial charge in [0.2, 0.25) is 0 Å². The Morgan fingerprint density at radius 2 is 1.90 bits per heavy atom. The van der Waals surface area contributed by atoms with E-state index < -0.39 is 0 Å². The first-order chi connectivity index (χ1) is 10.4. The summed E-state index contributed by atoms with van der Waals surface area (Å²) >= 11 is 0. The average Bonchev–Trinajstić information content (AvgIpc) is 2.53. The van der Waals surface area contributed by atoms with Gasteiger partial charge < -0.3 is 24.3 Å². The Hall–Kier alpha value is -1.30. The van der Waals surface area contributed by atoms with E-state index in [2.05, 4.69) is 17.4 Å². The summed E-state index contributed by atoms with van der Waals surface area (Å²) in [6.45, 7) is 5.26. The van der Waals surface area contributed by atoms with Crippen LogP contribution in [-0.4, -0.2) is 46.7 Å². The maximum atomic E-state index is 5.58. The molecule has 0 fully saturated rings. The molecule has 0 aromatic heterocycles. The van der Waals surface area contributed by atoms with Crippen LogP contribution in [0.1, 0.15) is 18.4 Å². The van der Waals surface area contributed by atoms with Gasteiger partial charge in [0.1, 0.15) is 13.2 Å². The van der Waals surface area contributed by atoms with Crippen LogP contribution in [0.2, 0.25) is 0 Å². The number of hydrogen-bond acceptors (Lipinski definition) is 5. The predicted molar refractivity (Wildman–Crippen MR) is 81.1 cm³/mol. The molecule has 1 heterocycles. The number of ether oxygens (including phenoxy) is 4. The summed E-state index contributed by atoms with van der Waals surface area (Å²) in [5.41, 5.74) is 1.22. The van der Waals surface area contributed by atoms with Crippen molar-refractivity contribution in [3.63, 3.8) is 0 Å². The summed E-state index contributed by atoms with van der Waals surface area (Å²) in [6, 6.07) is 6.11. The van der Waals surface area contributed by atoms with Crippen molar-refractivity contribution in [3.05, 3.63) is 23.8 Å². The minimum Gasteiger partial charge on any atom is -0.486 e. The Morgan fingerprint density at radius 3 is 2.76 bits per heavy atom. The van der Waals surface area contributed by atoms with E-state index in [1.165, 1.54) is 5.56 Å². The fourth-order valence-corrected chi connectivity index (χ4v) is 2.13. The molecular formula is C16H25NO4. The number of nitrogens with one attached hydrogen (secondary N) is 1. The normalized spacial score (nSPS) is 13.4. The lowest BCUT2D eigenvalue weighted by Crippen LogP contribution is -2.17. The highest BCUT2D eigenvalue weighted by Crippen LogP contribution is 2.30. The summed E-state index contributed by atoms with van der Waals surface area (Å²) < 4.78 is 21.4. The van der Waals surface area contributed by atoms with E-state index in [1.54, 1.807) is 7.11 Å². The second-order valence-electron chi connectivity index (χ2n) is 4.97. The van der Waals surface area contributed by atoms with Crippen LogP contribution in [0.3, 0.4) is 0 Å². The molecule has 0 aliphatic carbocycles. The predicted octanol–water partition coefficient (Wildman–Crippen LogP) is 1.99. The first-order valence-corrected chi connectivity index (χ1v) is 7.56. The molecule has 1 aliphatic rings. The van der Waals surface area contributed by atoms with Gasteiger partial charge in [0.05, 0.1) is 13.2 Å². The standard InChI is InChI=1S/C16H25NO4/c1-18-8-9-19-7-3-2-6-17-13-14-4-5-15-16(12-14)21-11-10-20-15/h4-5,12,17H,2-3,6-11,13H2,1H3. The largest absolute Gasteiger partial charge is 0.486 e. The van der Waals surface area contributed by atoms with Crippen molar-refractivity contribution in [2.45, 2.75) is 19.4 Å². The first-order valence-electron chi connectivity index (χ1n) is 7.56. The van der Waals surface area contributed by atoms with E-state index >= 15 is 0 Å². The van der Waals surface area contributed by atoms with Crippen LogP contribution >= 0.6 is 0 Å². The molecule has 0 radical (unpaired) electrons. The Kier molecular flexibility index (Phi) is 7.35. The van der Waals surface area contributed by atoms with E-state index in [-0.39, 0.29) is 0 Å². The summed E-state index contributed by atoms with van der Waals surface area (Å²) in [6.07, 6.45) is 2.18. The van der Waals surface area contributed by atoms with Crippen molar-refractivity contribution in [3.8, 4) is 11.5 Å². The molecule has 1 N–H and O–H groups in total. The van der Waals surface area contributed by atoms with Gasteiger partial charge in [-0.3, -0.25) is 0 Å². The lowest BCUT2D eigenvalue weighted by Gasteiger charge is -2.19. The van der Waals surface area contributed by atoms with E-state index in [9.17, 15) is 0 Å². The molecular weight excluding hydrogens is 270 g/mol. The van der Waals surface area contributed by atoms with Gasteiger partial charge in [0, 0.05) is 20.3 Å². The third-order valence-electron chi connectivity index (χ3n) is 3.26. The molecule has 118 valence electrons. The third-order valence-corrected chi connectivity index (χ3v) is 3.26. The molecule has 0 atom stereocenters. The maximum absolute atomic E-state index is 5.58. The number of rotatable bonds is 10. The molecule has 2 rings (SSSR count). The topological polar surface area (TPSA) is 49.0 Å². The van der Waals surface area contributed by atoms with Gasteiger partial charge in [-0.2, -0.15) is 0 Å². The highest BCUT2D eigenvalue weighted by molar-refractivity contribution is 5.43. The summed E-state index contributed by atoms with van der Waals surface area (Å²) in [5.74, 6) is 1.70. The molecule has 0 bridgehead atoms. The van der Waals surface area contributed by atoms with Crippen molar-refractivity contribution in [1.29, 1.82) is 0 Å². The lowest BCUT2D eigenvalue weighted by molar-refractivity contribution is 0.0688. The van der Waals surface area contributed by atoms with E-state index in [0.717, 1.165) is 44.0 Å². The minimum atomic E-state index is 0.632. The van der Waals surface area contributed by atoms with E-state index in [1.807, 2.05) is 6.07 Å². The van der Waals surface area contributed by atoms with E-state index in [0.29, 0.717) is 26.4 Å². The Labute approximate surface area is 126 Å². The van der Waals surface area contributed by atoms with Crippen LogP contribution in [0.15, 0.2) is 18.2 Å². The summed E-state index contributed by atoms with van der Waals surface area (Å²) in [4.78, 5) is 0. The summed E-state index contributed by atoms with van der Waals surface area (Å²) in [7, 11) is 1.69. The van der Waals surface area contributed by atoms with Gasteiger partial charge in [0.25, 0.3) is 0 Å². The van der Waals surface area contributed by atoms with Crippen LogP contribution < -0.4 is 14.8 Å². The van der Waals surface area contributed by atoms with Crippen LogP contribution in [0.5, 0.6) is 11.5 Å². The highest BCUT2D eigenvalue weighted by atomic mass is 16.6. The van der Waals surface area contributed by atoms with E-state index in [4.69, 9.17) is 18.9 Å². The van der Waals surface area contributed by atoms with Crippen molar-refractivity contribution < 1.29 is 18.9 Å². The number of unbranched alkanes of at least 4 members (excludes halogenated alkanes) is 1. The fraction of sp³-hybridized carbons (Fsp3) is 0.625. The van der Waals surface area contributed by atoms with Gasteiger partial charge >= 0.3 is 0 Å². The zero-order chi connectivity index (χ0) is 14.8. The number of fused-ring (bicyclic) bond motifs is 1. The number of hydrogen-bond donors (Lipinski definition) is 1. The quantitative estimate of drug-likeness (QED) is 0.669. The van der Waals surface area contributed by atoms with Gasteiger partial charge in [-0.15, -0.1) is 0 Å². The molecule has 0 saturated carbocycles. The molecule has 0 amide bonds. The van der Waals surface area contributed by atoms with Crippen molar-refractivity contribution in [2.24, 2.45) is 0 Å². The van der Waals surface area contributed by atoms with Crippen molar-refractivity contribution in [2.75, 3.05) is 46.7 Å². The Balaban J connectivity index is 1.54. The molecule has 1 aliphatic heterocycles. The SMILES string of the molecule is COCCOCCCCNCc1ccc2c(c1)OCCO2. The highest BCUT2D eigenvalue weighted by Gasteiger charge is 2.11.